The molecule has 1 aliphatic heterocycles. The molecule has 2 amide bonds. The molecule has 8 nitrogen and oxygen atoms in total. The van der Waals surface area contributed by atoms with Crippen molar-refractivity contribution in [3.05, 3.63) is 53.8 Å². The molecule has 3 rings (SSSR count). The molecular formula is C23H25FN4O4. The van der Waals surface area contributed by atoms with E-state index >= 15 is 0 Å². The van der Waals surface area contributed by atoms with Gasteiger partial charge in [0.25, 0.3) is 5.91 Å². The van der Waals surface area contributed by atoms with Gasteiger partial charge in [-0.1, -0.05) is 6.07 Å². The third-order valence-electron chi connectivity index (χ3n) is 4.91. The van der Waals surface area contributed by atoms with Gasteiger partial charge in [0.1, 0.15) is 11.6 Å². The Kier molecular flexibility index (Phi) is 8.14. The number of hydrogen-bond acceptors (Lipinski definition) is 6. The summed E-state index contributed by atoms with van der Waals surface area (Å²) in [5, 5.41) is 14.2. The number of amides is 2. The summed E-state index contributed by atoms with van der Waals surface area (Å²) in [4.78, 5) is 26.8. The highest BCUT2D eigenvalue weighted by molar-refractivity contribution is 5.96. The number of rotatable bonds is 8. The van der Waals surface area contributed by atoms with E-state index in [-0.39, 0.29) is 18.0 Å². The molecule has 1 aliphatic rings. The summed E-state index contributed by atoms with van der Waals surface area (Å²) in [6.07, 6.45) is -0.636. The molecule has 1 heterocycles. The van der Waals surface area contributed by atoms with Gasteiger partial charge >= 0.3 is 0 Å². The van der Waals surface area contributed by atoms with Crippen molar-refractivity contribution in [3.63, 3.8) is 0 Å². The first-order valence-electron chi connectivity index (χ1n) is 10.3. The molecule has 1 unspecified atom stereocenters. The summed E-state index contributed by atoms with van der Waals surface area (Å²) in [6.45, 7) is 4.95. The van der Waals surface area contributed by atoms with Crippen LogP contribution in [0.25, 0.3) is 0 Å². The molecule has 0 radical (unpaired) electrons. The fraction of sp³-hybridized carbons (Fsp3) is 0.348. The minimum Gasteiger partial charge on any atom is -0.481 e. The van der Waals surface area contributed by atoms with Gasteiger partial charge in [-0.3, -0.25) is 14.5 Å². The molecule has 2 N–H and O–H groups in total. The lowest BCUT2D eigenvalue weighted by Gasteiger charge is -2.26. The summed E-state index contributed by atoms with van der Waals surface area (Å²) in [6, 6.07) is 12.4. The predicted octanol–water partition coefficient (Wildman–Crippen LogP) is 2.76. The van der Waals surface area contributed by atoms with Crippen LogP contribution < -0.4 is 15.4 Å². The maximum Gasteiger partial charge on any atom is 0.265 e. The van der Waals surface area contributed by atoms with E-state index in [0.717, 1.165) is 13.1 Å². The Morgan fingerprint density at radius 3 is 2.75 bits per heavy atom. The Hall–Kier alpha value is -3.48. The smallest absolute Gasteiger partial charge is 0.265 e. The fourth-order valence-corrected chi connectivity index (χ4v) is 3.14. The Bertz CT molecular complexity index is 1000. The average molecular weight is 440 g/mol. The van der Waals surface area contributed by atoms with Gasteiger partial charge in [-0.05, 0) is 43.3 Å². The van der Waals surface area contributed by atoms with Crippen molar-refractivity contribution < 1.29 is 23.5 Å². The van der Waals surface area contributed by atoms with E-state index in [9.17, 15) is 14.0 Å². The topological polar surface area (TPSA) is 104 Å². The molecule has 1 fully saturated rings. The predicted molar refractivity (Wildman–Crippen MR) is 117 cm³/mol. The van der Waals surface area contributed by atoms with Crippen molar-refractivity contribution >= 4 is 23.2 Å². The Morgan fingerprint density at radius 1 is 1.22 bits per heavy atom. The molecular weight excluding hydrogens is 415 g/mol. The summed E-state index contributed by atoms with van der Waals surface area (Å²) in [7, 11) is 0. The average Bonchev–Trinajstić information content (AvgIpc) is 2.80. The van der Waals surface area contributed by atoms with Crippen LogP contribution in [0.5, 0.6) is 5.75 Å². The molecule has 32 heavy (non-hydrogen) atoms. The van der Waals surface area contributed by atoms with Crippen molar-refractivity contribution in [1.82, 2.24) is 4.90 Å². The first-order chi connectivity index (χ1) is 15.4. The zero-order chi connectivity index (χ0) is 22.9. The number of benzene rings is 2. The van der Waals surface area contributed by atoms with E-state index < -0.39 is 17.8 Å². The van der Waals surface area contributed by atoms with Gasteiger partial charge in [0, 0.05) is 31.7 Å². The third-order valence-corrected chi connectivity index (χ3v) is 4.91. The number of morpholine rings is 1. The minimum absolute atomic E-state index is 0.00919. The Balaban J connectivity index is 1.55. The summed E-state index contributed by atoms with van der Waals surface area (Å²) < 4.78 is 25.0. The maximum atomic E-state index is 14.2. The minimum atomic E-state index is -0.861. The van der Waals surface area contributed by atoms with E-state index in [0.29, 0.717) is 36.8 Å². The lowest BCUT2D eigenvalue weighted by molar-refractivity contribution is -0.122. The molecule has 9 heteroatoms. The van der Waals surface area contributed by atoms with Gasteiger partial charge < -0.3 is 20.1 Å². The summed E-state index contributed by atoms with van der Waals surface area (Å²) >= 11 is 0. The zero-order valence-corrected chi connectivity index (χ0v) is 17.8. The van der Waals surface area contributed by atoms with Crippen molar-refractivity contribution in [2.75, 3.05) is 43.5 Å². The van der Waals surface area contributed by atoms with Crippen LogP contribution in [0.4, 0.5) is 15.8 Å². The van der Waals surface area contributed by atoms with E-state index in [1.807, 2.05) is 6.07 Å². The van der Waals surface area contributed by atoms with Gasteiger partial charge in [-0.25, -0.2) is 4.39 Å². The zero-order valence-electron chi connectivity index (χ0n) is 17.8. The maximum absolute atomic E-state index is 14.2. The highest BCUT2D eigenvalue weighted by atomic mass is 19.1. The third kappa shape index (κ3) is 6.77. The Labute approximate surface area is 185 Å². The molecule has 2 aromatic carbocycles. The van der Waals surface area contributed by atoms with E-state index in [2.05, 4.69) is 15.5 Å². The molecule has 1 saturated heterocycles. The highest BCUT2D eigenvalue weighted by Crippen LogP contribution is 2.21. The highest BCUT2D eigenvalue weighted by Gasteiger charge is 2.17. The van der Waals surface area contributed by atoms with Crippen molar-refractivity contribution in [2.45, 2.75) is 19.4 Å². The first kappa shape index (κ1) is 23.2. The van der Waals surface area contributed by atoms with Crippen LogP contribution in [0.2, 0.25) is 0 Å². The van der Waals surface area contributed by atoms with Gasteiger partial charge in [-0.15, -0.1) is 0 Å². The molecule has 0 aliphatic carbocycles. The second-order valence-electron chi connectivity index (χ2n) is 7.34. The molecule has 0 bridgehead atoms. The number of halogens is 1. The number of carbonyl (C=O) groups excluding carboxylic acids is 2. The van der Waals surface area contributed by atoms with Gasteiger partial charge in [0.2, 0.25) is 5.91 Å². The van der Waals surface area contributed by atoms with Crippen LogP contribution in [0.1, 0.15) is 18.9 Å². The van der Waals surface area contributed by atoms with Crippen LogP contribution in [0.15, 0.2) is 42.5 Å². The molecule has 0 aromatic heterocycles. The van der Waals surface area contributed by atoms with Crippen molar-refractivity contribution in [2.24, 2.45) is 0 Å². The number of nitriles is 1. The molecule has 1 atom stereocenters. The van der Waals surface area contributed by atoms with E-state index in [1.165, 1.54) is 24.3 Å². The first-order valence-corrected chi connectivity index (χ1v) is 10.3. The summed E-state index contributed by atoms with van der Waals surface area (Å²) in [5.74, 6) is -0.976. The summed E-state index contributed by atoms with van der Waals surface area (Å²) in [5.41, 5.74) is 0.730. The molecule has 2 aromatic rings. The van der Waals surface area contributed by atoms with Crippen LogP contribution in [0, 0.1) is 17.1 Å². The quantitative estimate of drug-likeness (QED) is 0.654. The van der Waals surface area contributed by atoms with Gasteiger partial charge in [0.15, 0.2) is 6.10 Å². The SMILES string of the molecule is CC(Oc1cccc(C#N)c1)C(=O)Nc1ccc(F)c(NC(=O)CCN2CCOCC2)c1. The van der Waals surface area contributed by atoms with Crippen molar-refractivity contribution in [3.8, 4) is 11.8 Å². The second-order valence-corrected chi connectivity index (χ2v) is 7.34. The van der Waals surface area contributed by atoms with E-state index in [1.54, 1.807) is 25.1 Å². The number of ether oxygens (including phenoxy) is 2. The monoisotopic (exact) mass is 440 g/mol. The molecule has 0 spiro atoms. The number of carbonyl (C=O) groups is 2. The number of anilines is 2. The van der Waals surface area contributed by atoms with Crippen LogP contribution >= 0.6 is 0 Å². The van der Waals surface area contributed by atoms with Crippen LogP contribution in [-0.4, -0.2) is 55.7 Å². The lowest BCUT2D eigenvalue weighted by Crippen LogP contribution is -2.38. The van der Waals surface area contributed by atoms with Gasteiger partial charge in [-0.2, -0.15) is 5.26 Å². The normalized spacial score (nSPS) is 14.8. The Morgan fingerprint density at radius 2 is 2.00 bits per heavy atom. The lowest BCUT2D eigenvalue weighted by atomic mass is 10.2. The fourth-order valence-electron chi connectivity index (χ4n) is 3.14. The molecule has 0 saturated carbocycles. The number of hydrogen-bond donors (Lipinski definition) is 2. The largest absolute Gasteiger partial charge is 0.481 e. The molecule has 168 valence electrons. The van der Waals surface area contributed by atoms with E-state index in [4.69, 9.17) is 14.7 Å². The van der Waals surface area contributed by atoms with Crippen LogP contribution in [0.3, 0.4) is 0 Å². The van der Waals surface area contributed by atoms with Crippen LogP contribution in [-0.2, 0) is 14.3 Å². The number of nitrogens with one attached hydrogen (secondary N) is 2. The van der Waals surface area contributed by atoms with Crippen molar-refractivity contribution in [1.29, 1.82) is 5.26 Å². The second kappa shape index (κ2) is 11.2. The standard InChI is InChI=1S/C23H25FN4O4/c1-16(32-19-4-2-3-17(13-19)15-25)23(30)26-18-5-6-20(24)21(14-18)27-22(29)7-8-28-9-11-31-12-10-28/h2-6,13-14,16H,7-12H2,1H3,(H,26,30)(H,27,29). The van der Waals surface area contributed by atoms with Gasteiger partial charge in [0.05, 0.1) is 30.5 Å². The number of nitrogens with zero attached hydrogens (tertiary/aromatic N) is 2.